The van der Waals surface area contributed by atoms with Crippen LogP contribution in [0.5, 0.6) is 0 Å². The Hall–Kier alpha value is -1.57. The number of nitriles is 1. The third-order valence-electron chi connectivity index (χ3n) is 3.24. The second kappa shape index (κ2) is 5.85. The number of rotatable bonds is 3. The van der Waals surface area contributed by atoms with Gasteiger partial charge in [0.25, 0.3) is 0 Å². The number of carboxylic acid groups (broad SMARTS) is 1. The third-order valence-corrected chi connectivity index (χ3v) is 3.24. The van der Waals surface area contributed by atoms with Gasteiger partial charge in [-0.25, -0.2) is 0 Å². The Kier molecular flexibility index (Phi) is 4.71. The van der Waals surface area contributed by atoms with E-state index in [-0.39, 0.29) is 12.4 Å². The number of nitrogens with zero attached hydrogens (tertiary/aromatic N) is 1. The molecule has 18 heavy (non-hydrogen) atoms. The molecule has 1 aromatic carbocycles. The van der Waals surface area contributed by atoms with E-state index in [1.54, 1.807) is 12.1 Å². The molecule has 0 spiro atoms. The van der Waals surface area contributed by atoms with Crippen molar-refractivity contribution in [2.24, 2.45) is 0 Å². The number of carbonyl (C=O) groups is 1. The average Bonchev–Trinajstić information content (AvgIpc) is 2.80. The molecule has 2 rings (SSSR count). The zero-order valence-electron chi connectivity index (χ0n) is 9.85. The molecule has 0 aromatic heterocycles. The molecule has 1 heterocycles. The van der Waals surface area contributed by atoms with Crippen LogP contribution in [-0.4, -0.2) is 23.2 Å². The summed E-state index contributed by atoms with van der Waals surface area (Å²) in [6, 6.07) is 9.14. The van der Waals surface area contributed by atoms with Crippen LogP contribution in [0.15, 0.2) is 24.3 Å². The van der Waals surface area contributed by atoms with Crippen LogP contribution in [0, 0.1) is 11.3 Å². The molecule has 0 amide bonds. The van der Waals surface area contributed by atoms with Crippen LogP contribution in [0.4, 0.5) is 0 Å². The summed E-state index contributed by atoms with van der Waals surface area (Å²) >= 11 is 0. The summed E-state index contributed by atoms with van der Waals surface area (Å²) in [7, 11) is 0. The first-order chi connectivity index (χ1) is 8.16. The molecule has 1 aliphatic rings. The fourth-order valence-electron chi connectivity index (χ4n) is 2.26. The van der Waals surface area contributed by atoms with Gasteiger partial charge >= 0.3 is 5.97 Å². The van der Waals surface area contributed by atoms with Gasteiger partial charge in [-0.1, -0.05) is 12.1 Å². The molecule has 2 N–H and O–H groups in total. The normalized spacial score (nSPS) is 21.9. The molecule has 5 heteroatoms. The lowest BCUT2D eigenvalue weighted by molar-refractivity contribution is -0.144. The molecular weight excluding hydrogens is 252 g/mol. The van der Waals surface area contributed by atoms with E-state index in [2.05, 4.69) is 5.32 Å². The molecule has 0 radical (unpaired) electrons. The summed E-state index contributed by atoms with van der Waals surface area (Å²) < 4.78 is 0. The van der Waals surface area contributed by atoms with E-state index >= 15 is 0 Å². The summed E-state index contributed by atoms with van der Waals surface area (Å²) in [5, 5.41) is 21.1. The van der Waals surface area contributed by atoms with Gasteiger partial charge in [-0.05, 0) is 37.1 Å². The van der Waals surface area contributed by atoms with Crippen LogP contribution >= 0.6 is 12.4 Å². The van der Waals surface area contributed by atoms with Crippen molar-refractivity contribution in [1.29, 1.82) is 5.26 Å². The maximum absolute atomic E-state index is 11.3. The van der Waals surface area contributed by atoms with Gasteiger partial charge in [0, 0.05) is 6.42 Å². The van der Waals surface area contributed by atoms with Crippen molar-refractivity contribution in [1.82, 2.24) is 5.32 Å². The van der Waals surface area contributed by atoms with E-state index in [4.69, 9.17) is 5.26 Å². The van der Waals surface area contributed by atoms with E-state index in [1.807, 2.05) is 18.2 Å². The minimum absolute atomic E-state index is 0. The van der Waals surface area contributed by atoms with E-state index in [1.165, 1.54) is 0 Å². The lowest BCUT2D eigenvalue weighted by atomic mass is 9.89. The first-order valence-corrected chi connectivity index (χ1v) is 5.64. The summed E-state index contributed by atoms with van der Waals surface area (Å²) in [5.74, 6) is -0.792. The molecule has 0 saturated carbocycles. The highest BCUT2D eigenvalue weighted by Crippen LogP contribution is 2.24. The summed E-state index contributed by atoms with van der Waals surface area (Å²) in [5.41, 5.74) is 0.715. The number of hydrogen-bond acceptors (Lipinski definition) is 3. The van der Waals surface area contributed by atoms with Crippen LogP contribution in [0.1, 0.15) is 24.0 Å². The summed E-state index contributed by atoms with van der Waals surface area (Å²) in [4.78, 5) is 11.3. The average molecular weight is 267 g/mol. The zero-order valence-corrected chi connectivity index (χ0v) is 10.7. The largest absolute Gasteiger partial charge is 0.480 e. The topological polar surface area (TPSA) is 73.1 Å². The number of carboxylic acids is 1. The standard InChI is InChI=1S/C13H14N2O2.ClH/c14-9-11-4-2-10(3-5-11)8-13(12(16)17)6-1-7-15-13;/h2-5,15H,1,6-8H2,(H,16,17);1H. The lowest BCUT2D eigenvalue weighted by Gasteiger charge is -2.24. The molecule has 0 aliphatic carbocycles. The molecular formula is C13H15ClN2O2. The Morgan fingerprint density at radius 3 is 2.56 bits per heavy atom. The highest BCUT2D eigenvalue weighted by molar-refractivity contribution is 5.85. The number of hydrogen-bond donors (Lipinski definition) is 2. The predicted octanol–water partition coefficient (Wildman–Crippen LogP) is 1.73. The zero-order chi connectivity index (χ0) is 12.3. The number of halogens is 1. The molecule has 0 bridgehead atoms. The minimum atomic E-state index is -0.825. The van der Waals surface area contributed by atoms with E-state index in [0.717, 1.165) is 18.5 Å². The lowest BCUT2D eigenvalue weighted by Crippen LogP contribution is -2.49. The monoisotopic (exact) mass is 266 g/mol. The molecule has 1 saturated heterocycles. The Bertz CT molecular complexity index is 459. The van der Waals surface area contributed by atoms with Gasteiger partial charge in [-0.15, -0.1) is 12.4 Å². The maximum Gasteiger partial charge on any atom is 0.324 e. The Balaban J connectivity index is 0.00000162. The Labute approximate surface area is 112 Å². The molecule has 1 aliphatic heterocycles. The van der Waals surface area contributed by atoms with E-state index < -0.39 is 11.5 Å². The first-order valence-electron chi connectivity index (χ1n) is 5.64. The SMILES string of the molecule is Cl.N#Cc1ccc(CC2(C(=O)O)CCCN2)cc1. The van der Waals surface area contributed by atoms with Crippen LogP contribution in [0.25, 0.3) is 0 Å². The Morgan fingerprint density at radius 2 is 2.11 bits per heavy atom. The molecule has 96 valence electrons. The fourth-order valence-corrected chi connectivity index (χ4v) is 2.26. The van der Waals surface area contributed by atoms with Crippen molar-refractivity contribution >= 4 is 18.4 Å². The van der Waals surface area contributed by atoms with Crippen LogP contribution in [0.3, 0.4) is 0 Å². The van der Waals surface area contributed by atoms with Gasteiger partial charge in [0.1, 0.15) is 5.54 Å². The van der Waals surface area contributed by atoms with Gasteiger partial charge < -0.3 is 10.4 Å². The number of aliphatic carboxylic acids is 1. The third kappa shape index (κ3) is 2.81. The summed E-state index contributed by atoms with van der Waals surface area (Å²) in [6.45, 7) is 0.753. The highest BCUT2D eigenvalue weighted by Gasteiger charge is 2.40. The van der Waals surface area contributed by atoms with Crippen molar-refractivity contribution in [2.45, 2.75) is 24.8 Å². The van der Waals surface area contributed by atoms with Crippen molar-refractivity contribution < 1.29 is 9.90 Å². The maximum atomic E-state index is 11.3. The molecule has 4 nitrogen and oxygen atoms in total. The molecule has 1 aromatic rings. The van der Waals surface area contributed by atoms with Gasteiger partial charge in [0.2, 0.25) is 0 Å². The smallest absolute Gasteiger partial charge is 0.324 e. The molecule has 1 fully saturated rings. The van der Waals surface area contributed by atoms with Crippen molar-refractivity contribution in [3.05, 3.63) is 35.4 Å². The van der Waals surface area contributed by atoms with Crippen molar-refractivity contribution in [3.8, 4) is 6.07 Å². The van der Waals surface area contributed by atoms with Gasteiger partial charge in [-0.3, -0.25) is 4.79 Å². The Morgan fingerprint density at radius 1 is 1.44 bits per heavy atom. The predicted molar refractivity (Wildman–Crippen MR) is 69.7 cm³/mol. The molecule has 1 atom stereocenters. The number of benzene rings is 1. The van der Waals surface area contributed by atoms with Gasteiger partial charge in [0.05, 0.1) is 11.6 Å². The van der Waals surface area contributed by atoms with Crippen LogP contribution in [-0.2, 0) is 11.2 Å². The second-order valence-corrected chi connectivity index (χ2v) is 4.40. The molecule has 1 unspecified atom stereocenters. The van der Waals surface area contributed by atoms with Crippen LogP contribution < -0.4 is 5.32 Å². The number of nitrogens with one attached hydrogen (secondary N) is 1. The summed E-state index contributed by atoms with van der Waals surface area (Å²) in [6.07, 6.45) is 2.01. The van der Waals surface area contributed by atoms with Crippen LogP contribution in [0.2, 0.25) is 0 Å². The quantitative estimate of drug-likeness (QED) is 0.874. The van der Waals surface area contributed by atoms with Gasteiger partial charge in [0.15, 0.2) is 0 Å². The highest BCUT2D eigenvalue weighted by atomic mass is 35.5. The van der Waals surface area contributed by atoms with Crippen molar-refractivity contribution in [3.63, 3.8) is 0 Å². The fraction of sp³-hybridized carbons (Fsp3) is 0.385. The van der Waals surface area contributed by atoms with Gasteiger partial charge in [-0.2, -0.15) is 5.26 Å². The van der Waals surface area contributed by atoms with E-state index in [0.29, 0.717) is 18.4 Å². The van der Waals surface area contributed by atoms with Crippen molar-refractivity contribution in [2.75, 3.05) is 6.54 Å². The van der Waals surface area contributed by atoms with E-state index in [9.17, 15) is 9.90 Å². The first kappa shape index (κ1) is 14.5. The minimum Gasteiger partial charge on any atom is -0.480 e. The second-order valence-electron chi connectivity index (χ2n) is 4.40.